The van der Waals surface area contributed by atoms with Crippen LogP contribution in [0.2, 0.25) is 0 Å². The first-order chi connectivity index (χ1) is 14.2. The quantitative estimate of drug-likeness (QED) is 0.507. The number of hydrogen-bond donors (Lipinski definition) is 2. The molecule has 0 aromatic carbocycles. The van der Waals surface area contributed by atoms with Gasteiger partial charge in [-0.15, -0.1) is 0 Å². The Bertz CT molecular complexity index is 521. The molecular formula is C22H41N5OS. The highest BCUT2D eigenvalue weighted by Gasteiger charge is 2.30. The molecule has 1 amide bonds. The van der Waals surface area contributed by atoms with Gasteiger partial charge in [-0.25, -0.2) is 0 Å². The second-order valence-electron chi connectivity index (χ2n) is 8.80. The number of likely N-dealkylation sites (tertiary alicyclic amines) is 1. The summed E-state index contributed by atoms with van der Waals surface area (Å²) in [5.74, 6) is 4.61. The standard InChI is InChI=1S/C22H41N5OS/c1-3-26-12-9-18(10-13-26)8-11-24-22(23-2)25-20-6-4-19(5-7-20)21(28)27-14-16-29-17-15-27/h18-20H,3-17H2,1-2H3,(H2,23,24,25). The number of hydrogen-bond acceptors (Lipinski definition) is 4. The van der Waals surface area contributed by atoms with Crippen molar-refractivity contribution in [2.75, 3.05) is 57.8 Å². The number of guanidine groups is 1. The first kappa shape index (κ1) is 22.7. The van der Waals surface area contributed by atoms with E-state index < -0.39 is 0 Å². The Kier molecular flexibility index (Phi) is 9.43. The van der Waals surface area contributed by atoms with Gasteiger partial charge >= 0.3 is 0 Å². The van der Waals surface area contributed by atoms with Gasteiger partial charge in [0, 0.05) is 50.1 Å². The van der Waals surface area contributed by atoms with E-state index >= 15 is 0 Å². The monoisotopic (exact) mass is 423 g/mol. The van der Waals surface area contributed by atoms with Crippen molar-refractivity contribution in [2.45, 2.75) is 57.9 Å². The molecule has 0 aromatic heterocycles. The van der Waals surface area contributed by atoms with Crippen LogP contribution in [0.25, 0.3) is 0 Å². The molecule has 0 unspecified atom stereocenters. The van der Waals surface area contributed by atoms with Crippen LogP contribution in [0.1, 0.15) is 51.9 Å². The van der Waals surface area contributed by atoms with Crippen molar-refractivity contribution in [3.63, 3.8) is 0 Å². The minimum Gasteiger partial charge on any atom is -0.356 e. The van der Waals surface area contributed by atoms with Gasteiger partial charge in [0.2, 0.25) is 5.91 Å². The SMILES string of the molecule is CCN1CCC(CCNC(=NC)NC2CCC(C(=O)N3CCSCC3)CC2)CC1. The molecule has 0 aromatic rings. The molecule has 29 heavy (non-hydrogen) atoms. The molecule has 0 bridgehead atoms. The number of carbonyl (C=O) groups excluding carboxylic acids is 1. The van der Waals surface area contributed by atoms with Gasteiger partial charge in [-0.1, -0.05) is 6.92 Å². The highest BCUT2D eigenvalue weighted by Crippen LogP contribution is 2.27. The molecule has 3 rings (SSSR count). The Balaban J connectivity index is 1.32. The van der Waals surface area contributed by atoms with Crippen LogP contribution in [0.3, 0.4) is 0 Å². The first-order valence-corrected chi connectivity index (χ1v) is 12.9. The summed E-state index contributed by atoms with van der Waals surface area (Å²) in [6.07, 6.45) is 8.03. The van der Waals surface area contributed by atoms with E-state index in [1.165, 1.54) is 38.9 Å². The van der Waals surface area contributed by atoms with Gasteiger partial charge in [0.15, 0.2) is 5.96 Å². The molecule has 0 radical (unpaired) electrons. The maximum absolute atomic E-state index is 12.7. The molecule has 7 heteroatoms. The zero-order valence-corrected chi connectivity index (χ0v) is 19.3. The van der Waals surface area contributed by atoms with Gasteiger partial charge < -0.3 is 20.4 Å². The smallest absolute Gasteiger partial charge is 0.225 e. The number of aliphatic imine (C=N–C) groups is 1. The largest absolute Gasteiger partial charge is 0.356 e. The highest BCUT2D eigenvalue weighted by atomic mass is 32.2. The molecular weight excluding hydrogens is 382 g/mol. The summed E-state index contributed by atoms with van der Waals surface area (Å²) in [4.78, 5) is 21.8. The van der Waals surface area contributed by atoms with Crippen LogP contribution >= 0.6 is 11.8 Å². The fourth-order valence-electron chi connectivity index (χ4n) is 4.90. The summed E-state index contributed by atoms with van der Waals surface area (Å²) >= 11 is 1.96. The third kappa shape index (κ3) is 7.06. The van der Waals surface area contributed by atoms with Gasteiger partial charge in [0.25, 0.3) is 0 Å². The predicted molar refractivity (Wildman–Crippen MR) is 124 cm³/mol. The number of nitrogens with one attached hydrogen (secondary N) is 2. The summed E-state index contributed by atoms with van der Waals surface area (Å²) in [5.41, 5.74) is 0. The fraction of sp³-hybridized carbons (Fsp3) is 0.909. The second kappa shape index (κ2) is 12.0. The molecule has 1 aliphatic carbocycles. The van der Waals surface area contributed by atoms with Crippen molar-refractivity contribution in [1.29, 1.82) is 0 Å². The number of rotatable bonds is 6. The van der Waals surface area contributed by atoms with Crippen LogP contribution in [0.5, 0.6) is 0 Å². The van der Waals surface area contributed by atoms with E-state index in [1.807, 2.05) is 18.8 Å². The van der Waals surface area contributed by atoms with Crippen LogP contribution in [0.15, 0.2) is 4.99 Å². The topological polar surface area (TPSA) is 60.0 Å². The number of piperidine rings is 1. The van der Waals surface area contributed by atoms with Crippen molar-refractivity contribution < 1.29 is 4.79 Å². The number of thioether (sulfide) groups is 1. The molecule has 1 saturated carbocycles. The molecule has 2 heterocycles. The van der Waals surface area contributed by atoms with E-state index in [9.17, 15) is 4.79 Å². The summed E-state index contributed by atoms with van der Waals surface area (Å²) in [5, 5.41) is 7.12. The van der Waals surface area contributed by atoms with Crippen LogP contribution in [0, 0.1) is 11.8 Å². The average Bonchev–Trinajstić information content (AvgIpc) is 2.79. The highest BCUT2D eigenvalue weighted by molar-refractivity contribution is 7.99. The van der Waals surface area contributed by atoms with Crippen LogP contribution < -0.4 is 10.6 Å². The van der Waals surface area contributed by atoms with Crippen molar-refractivity contribution >= 4 is 23.6 Å². The normalized spacial score (nSPS) is 27.7. The molecule has 6 nitrogen and oxygen atoms in total. The van der Waals surface area contributed by atoms with E-state index in [-0.39, 0.29) is 5.92 Å². The summed E-state index contributed by atoms with van der Waals surface area (Å²) in [6, 6.07) is 0.440. The lowest BCUT2D eigenvalue weighted by atomic mass is 9.85. The van der Waals surface area contributed by atoms with Crippen LogP contribution in [0.4, 0.5) is 0 Å². The lowest BCUT2D eigenvalue weighted by Crippen LogP contribution is -2.47. The second-order valence-corrected chi connectivity index (χ2v) is 10.0. The molecule has 2 aliphatic heterocycles. The molecule has 3 fully saturated rings. The number of amides is 1. The lowest BCUT2D eigenvalue weighted by Gasteiger charge is -2.34. The maximum atomic E-state index is 12.7. The van der Waals surface area contributed by atoms with Gasteiger partial charge in [0.1, 0.15) is 0 Å². The minimum atomic E-state index is 0.236. The molecule has 166 valence electrons. The van der Waals surface area contributed by atoms with Gasteiger partial charge in [-0.2, -0.15) is 11.8 Å². The van der Waals surface area contributed by atoms with E-state index in [0.717, 1.165) is 68.7 Å². The molecule has 0 spiro atoms. The minimum absolute atomic E-state index is 0.236. The molecule has 3 aliphatic rings. The Morgan fingerprint density at radius 3 is 2.34 bits per heavy atom. The van der Waals surface area contributed by atoms with Crippen LogP contribution in [-0.2, 0) is 4.79 Å². The molecule has 0 atom stereocenters. The van der Waals surface area contributed by atoms with Gasteiger partial charge in [-0.05, 0) is 70.5 Å². The Hall–Kier alpha value is -0.950. The Morgan fingerprint density at radius 1 is 1.03 bits per heavy atom. The van der Waals surface area contributed by atoms with Crippen molar-refractivity contribution in [1.82, 2.24) is 20.4 Å². The average molecular weight is 424 g/mol. The number of carbonyl (C=O) groups is 1. The van der Waals surface area contributed by atoms with E-state index in [4.69, 9.17) is 0 Å². The van der Waals surface area contributed by atoms with Crippen molar-refractivity contribution in [2.24, 2.45) is 16.8 Å². The van der Waals surface area contributed by atoms with E-state index in [0.29, 0.717) is 11.9 Å². The first-order valence-electron chi connectivity index (χ1n) is 11.8. The van der Waals surface area contributed by atoms with Gasteiger partial charge in [0.05, 0.1) is 0 Å². The zero-order chi connectivity index (χ0) is 20.5. The van der Waals surface area contributed by atoms with E-state index in [1.54, 1.807) is 0 Å². The lowest BCUT2D eigenvalue weighted by molar-refractivity contribution is -0.136. The molecule has 2 saturated heterocycles. The Morgan fingerprint density at radius 2 is 1.72 bits per heavy atom. The van der Waals surface area contributed by atoms with Crippen molar-refractivity contribution in [3.05, 3.63) is 0 Å². The summed E-state index contributed by atoms with van der Waals surface area (Å²) in [7, 11) is 1.86. The number of nitrogens with zero attached hydrogens (tertiary/aromatic N) is 3. The fourth-order valence-corrected chi connectivity index (χ4v) is 5.80. The Labute approximate surface area is 181 Å². The van der Waals surface area contributed by atoms with E-state index in [2.05, 4.69) is 32.3 Å². The third-order valence-corrected chi connectivity index (χ3v) is 7.91. The summed E-state index contributed by atoms with van der Waals surface area (Å²) < 4.78 is 0. The maximum Gasteiger partial charge on any atom is 0.225 e. The predicted octanol–water partition coefficient (Wildman–Crippen LogP) is 2.41. The summed E-state index contributed by atoms with van der Waals surface area (Å²) in [6.45, 7) is 8.83. The molecule has 2 N–H and O–H groups in total. The van der Waals surface area contributed by atoms with Gasteiger partial charge in [-0.3, -0.25) is 9.79 Å². The van der Waals surface area contributed by atoms with Crippen LogP contribution in [-0.4, -0.2) is 85.5 Å². The van der Waals surface area contributed by atoms with Crippen molar-refractivity contribution in [3.8, 4) is 0 Å². The third-order valence-electron chi connectivity index (χ3n) is 6.96. The zero-order valence-electron chi connectivity index (χ0n) is 18.5.